The van der Waals surface area contributed by atoms with E-state index in [9.17, 15) is 0 Å². The number of nitrogens with one attached hydrogen (secondary N) is 1. The van der Waals surface area contributed by atoms with Gasteiger partial charge in [-0.25, -0.2) is 0 Å². The molecular formula is C16H17N3S. The fourth-order valence-corrected chi connectivity index (χ4v) is 2.89. The average molecular weight is 283 g/mol. The summed E-state index contributed by atoms with van der Waals surface area (Å²) < 4.78 is 2.85. The summed E-state index contributed by atoms with van der Waals surface area (Å²) >= 11 is 5.53. The highest BCUT2D eigenvalue weighted by Crippen LogP contribution is 2.28. The first-order valence-electron chi connectivity index (χ1n) is 6.56. The van der Waals surface area contributed by atoms with Gasteiger partial charge in [0, 0.05) is 14.1 Å². The quantitative estimate of drug-likeness (QED) is 0.717. The Labute approximate surface area is 123 Å². The largest absolute Gasteiger partial charge is 0.376 e. The summed E-state index contributed by atoms with van der Waals surface area (Å²) in [4.78, 5) is 5.40. The molecule has 0 saturated carbocycles. The zero-order chi connectivity index (χ0) is 14.3. The lowest BCUT2D eigenvalue weighted by atomic mass is 10.2. The van der Waals surface area contributed by atoms with Crippen molar-refractivity contribution in [2.75, 3.05) is 19.0 Å². The number of H-pyrrole nitrogens is 1. The van der Waals surface area contributed by atoms with Gasteiger partial charge in [0.1, 0.15) is 0 Å². The van der Waals surface area contributed by atoms with Crippen LogP contribution in [0.1, 0.15) is 5.56 Å². The van der Waals surface area contributed by atoms with E-state index in [0.717, 1.165) is 27.2 Å². The summed E-state index contributed by atoms with van der Waals surface area (Å²) in [6.07, 6.45) is 0. The van der Waals surface area contributed by atoms with Crippen LogP contribution < -0.4 is 4.90 Å². The number of hydrogen-bond acceptors (Lipinski definition) is 2. The number of nitrogens with zero attached hydrogens (tertiary/aromatic N) is 2. The highest BCUT2D eigenvalue weighted by molar-refractivity contribution is 7.71. The van der Waals surface area contributed by atoms with E-state index >= 15 is 0 Å². The Bertz CT molecular complexity index is 827. The number of aromatic nitrogens is 2. The molecule has 0 atom stereocenters. The predicted octanol–water partition coefficient (Wildman–Crippen LogP) is 4.06. The van der Waals surface area contributed by atoms with E-state index in [1.807, 2.05) is 32.3 Å². The number of rotatable bonds is 2. The molecule has 0 aliphatic rings. The van der Waals surface area contributed by atoms with Crippen LogP contribution in [0.25, 0.3) is 16.7 Å². The van der Waals surface area contributed by atoms with Gasteiger partial charge in [-0.2, -0.15) is 0 Å². The van der Waals surface area contributed by atoms with E-state index in [-0.39, 0.29) is 0 Å². The van der Waals surface area contributed by atoms with Crippen molar-refractivity contribution in [1.29, 1.82) is 0 Å². The van der Waals surface area contributed by atoms with Crippen molar-refractivity contribution in [3.8, 4) is 5.69 Å². The Kier molecular flexibility index (Phi) is 3.10. The minimum absolute atomic E-state index is 0.726. The number of benzene rings is 2. The fourth-order valence-electron chi connectivity index (χ4n) is 2.59. The van der Waals surface area contributed by atoms with Crippen molar-refractivity contribution in [2.45, 2.75) is 6.92 Å². The minimum Gasteiger partial charge on any atom is -0.376 e. The molecule has 3 rings (SSSR count). The second-order valence-corrected chi connectivity index (χ2v) is 5.51. The van der Waals surface area contributed by atoms with Gasteiger partial charge in [-0.1, -0.05) is 24.3 Å². The number of hydrogen-bond donors (Lipinski definition) is 1. The molecule has 3 aromatic rings. The average Bonchev–Trinajstić information content (AvgIpc) is 2.76. The third kappa shape index (κ3) is 1.93. The molecule has 0 spiro atoms. The Morgan fingerprint density at radius 3 is 2.55 bits per heavy atom. The second-order valence-electron chi connectivity index (χ2n) is 5.12. The molecule has 0 unspecified atom stereocenters. The molecule has 0 amide bonds. The van der Waals surface area contributed by atoms with Crippen LogP contribution >= 0.6 is 12.2 Å². The van der Waals surface area contributed by atoms with Crippen LogP contribution in [0, 0.1) is 11.7 Å². The molecule has 0 aliphatic heterocycles. The minimum atomic E-state index is 0.726. The van der Waals surface area contributed by atoms with E-state index in [0.29, 0.717) is 0 Å². The normalized spacial score (nSPS) is 10.9. The van der Waals surface area contributed by atoms with Gasteiger partial charge in [-0.3, -0.25) is 4.57 Å². The van der Waals surface area contributed by atoms with Crippen molar-refractivity contribution in [3.63, 3.8) is 0 Å². The van der Waals surface area contributed by atoms with Gasteiger partial charge in [-0.05, 0) is 42.9 Å². The third-order valence-electron chi connectivity index (χ3n) is 3.51. The predicted molar refractivity (Wildman–Crippen MR) is 87.5 cm³/mol. The molecule has 20 heavy (non-hydrogen) atoms. The highest BCUT2D eigenvalue weighted by atomic mass is 32.1. The lowest BCUT2D eigenvalue weighted by Crippen LogP contribution is -2.12. The lowest BCUT2D eigenvalue weighted by Gasteiger charge is -2.18. The summed E-state index contributed by atoms with van der Waals surface area (Å²) in [6, 6.07) is 14.5. The Balaban J connectivity index is 2.42. The number of imidazole rings is 1. The van der Waals surface area contributed by atoms with E-state index in [2.05, 4.69) is 45.6 Å². The van der Waals surface area contributed by atoms with Gasteiger partial charge in [0.05, 0.1) is 22.4 Å². The number of anilines is 1. The molecular weight excluding hydrogens is 266 g/mol. The molecule has 1 N–H and O–H groups in total. The third-order valence-corrected chi connectivity index (χ3v) is 3.80. The summed E-state index contributed by atoms with van der Waals surface area (Å²) in [5, 5.41) is 0. The van der Waals surface area contributed by atoms with Crippen LogP contribution in [0.3, 0.4) is 0 Å². The van der Waals surface area contributed by atoms with Gasteiger partial charge in [-0.15, -0.1) is 0 Å². The van der Waals surface area contributed by atoms with Crippen LogP contribution in [-0.2, 0) is 0 Å². The van der Waals surface area contributed by atoms with Gasteiger partial charge < -0.3 is 9.88 Å². The standard InChI is InChI=1S/C16H17N3S/c1-11-7-6-8-12-15(11)19(16(20)17-12)14-10-5-4-9-13(14)18(2)3/h4-10H,1-3H3,(H,17,20). The number of aryl methyl sites for hydroxylation is 1. The van der Waals surface area contributed by atoms with Crippen molar-refractivity contribution in [1.82, 2.24) is 9.55 Å². The van der Waals surface area contributed by atoms with Crippen molar-refractivity contribution >= 4 is 28.9 Å². The Hall–Kier alpha value is -2.07. The maximum Gasteiger partial charge on any atom is 0.182 e. The van der Waals surface area contributed by atoms with Crippen molar-refractivity contribution < 1.29 is 0 Å². The molecule has 1 aromatic heterocycles. The Morgan fingerprint density at radius 2 is 1.80 bits per heavy atom. The molecule has 3 nitrogen and oxygen atoms in total. The van der Waals surface area contributed by atoms with Gasteiger partial charge in [0.25, 0.3) is 0 Å². The van der Waals surface area contributed by atoms with Crippen LogP contribution in [0.2, 0.25) is 0 Å². The molecule has 4 heteroatoms. The van der Waals surface area contributed by atoms with Crippen LogP contribution in [0.4, 0.5) is 5.69 Å². The van der Waals surface area contributed by atoms with Crippen LogP contribution in [0.5, 0.6) is 0 Å². The fraction of sp³-hybridized carbons (Fsp3) is 0.188. The number of aromatic amines is 1. The van der Waals surface area contributed by atoms with E-state index in [1.165, 1.54) is 5.56 Å². The molecule has 0 radical (unpaired) electrons. The monoisotopic (exact) mass is 283 g/mol. The maximum atomic E-state index is 5.53. The number of fused-ring (bicyclic) bond motifs is 1. The summed E-state index contributed by atoms with van der Waals surface area (Å²) in [6.45, 7) is 2.11. The molecule has 0 bridgehead atoms. The first-order valence-corrected chi connectivity index (χ1v) is 6.97. The van der Waals surface area contributed by atoms with Crippen LogP contribution in [0.15, 0.2) is 42.5 Å². The smallest absolute Gasteiger partial charge is 0.182 e. The van der Waals surface area contributed by atoms with E-state index in [4.69, 9.17) is 12.2 Å². The first kappa shape index (κ1) is 12.9. The highest BCUT2D eigenvalue weighted by Gasteiger charge is 2.12. The molecule has 0 aliphatic carbocycles. The molecule has 0 fully saturated rings. The van der Waals surface area contributed by atoms with Gasteiger partial charge in [0.2, 0.25) is 0 Å². The van der Waals surface area contributed by atoms with Gasteiger partial charge in [0.15, 0.2) is 4.77 Å². The van der Waals surface area contributed by atoms with Crippen LogP contribution in [-0.4, -0.2) is 23.6 Å². The summed E-state index contributed by atoms with van der Waals surface area (Å²) in [7, 11) is 4.09. The van der Waals surface area contributed by atoms with Gasteiger partial charge >= 0.3 is 0 Å². The molecule has 102 valence electrons. The molecule has 1 heterocycles. The van der Waals surface area contributed by atoms with E-state index in [1.54, 1.807) is 0 Å². The van der Waals surface area contributed by atoms with Crippen molar-refractivity contribution in [2.24, 2.45) is 0 Å². The SMILES string of the molecule is Cc1cccc2[nH]c(=S)n(-c3ccccc3N(C)C)c12. The first-order chi connectivity index (χ1) is 9.59. The van der Waals surface area contributed by atoms with Crippen molar-refractivity contribution in [3.05, 3.63) is 52.8 Å². The number of para-hydroxylation sites is 3. The summed E-state index contributed by atoms with van der Waals surface area (Å²) in [5.74, 6) is 0. The second kappa shape index (κ2) is 4.80. The molecule has 2 aromatic carbocycles. The molecule has 0 saturated heterocycles. The van der Waals surface area contributed by atoms with E-state index < -0.39 is 0 Å². The topological polar surface area (TPSA) is 24.0 Å². The zero-order valence-corrected chi connectivity index (χ0v) is 12.7. The zero-order valence-electron chi connectivity index (χ0n) is 11.8. The lowest BCUT2D eigenvalue weighted by molar-refractivity contribution is 1.03. The maximum absolute atomic E-state index is 5.53. The Morgan fingerprint density at radius 1 is 1.05 bits per heavy atom. The summed E-state index contributed by atoms with van der Waals surface area (Å²) in [5.41, 5.74) is 5.68.